The summed E-state index contributed by atoms with van der Waals surface area (Å²) in [5, 5.41) is 0.789. The molecule has 0 radical (unpaired) electrons. The number of morpholine rings is 1. The molecule has 0 spiro atoms. The number of halogens is 2. The number of pyridine rings is 2. The predicted molar refractivity (Wildman–Crippen MR) is 176 cm³/mol. The van der Waals surface area contributed by atoms with E-state index in [1.807, 2.05) is 18.3 Å². The third-order valence-electron chi connectivity index (χ3n) is 6.78. The lowest BCUT2D eigenvalue weighted by molar-refractivity contribution is -0.00567. The summed E-state index contributed by atoms with van der Waals surface area (Å²) < 4.78 is 54.6. The van der Waals surface area contributed by atoms with Gasteiger partial charge in [-0.3, -0.25) is 18.4 Å². The molecule has 1 aliphatic rings. The second-order valence-electron chi connectivity index (χ2n) is 12.9. The van der Waals surface area contributed by atoms with E-state index in [-0.39, 0.29) is 24.7 Å². The number of aromatic nitrogens is 3. The Hall–Kier alpha value is -2.86. The predicted octanol–water partition coefficient (Wildman–Crippen LogP) is 7.36. The second kappa shape index (κ2) is 13.1. The topological polar surface area (TPSA) is 97.1 Å². The highest BCUT2D eigenvalue weighted by Crippen LogP contribution is 2.55. The maximum absolute atomic E-state index is 14.0. The maximum atomic E-state index is 14.0. The SMILES string of the molecule is CC(C)(C)OP(=O)(OCn1cc(-c2ccn(Cc3cc(F)cc(Br)c3)c(=O)c2)c2cc(N3CCOCC3)cnc21)OC(C)(C)C. The quantitative estimate of drug-likeness (QED) is 0.167. The van der Waals surface area contributed by atoms with Crippen molar-refractivity contribution in [3.63, 3.8) is 0 Å². The molecule has 13 heteroatoms. The largest absolute Gasteiger partial charge is 0.477 e. The van der Waals surface area contributed by atoms with E-state index in [4.69, 9.17) is 23.3 Å². The normalized spacial score (nSPS) is 14.8. The Balaban J connectivity index is 1.52. The number of benzene rings is 1. The van der Waals surface area contributed by atoms with Crippen molar-refractivity contribution in [2.75, 3.05) is 31.2 Å². The second-order valence-corrected chi connectivity index (χ2v) is 15.4. The van der Waals surface area contributed by atoms with Crippen LogP contribution in [-0.2, 0) is 36.1 Å². The Morgan fingerprint density at radius 3 is 2.31 bits per heavy atom. The van der Waals surface area contributed by atoms with E-state index in [9.17, 15) is 13.8 Å². The zero-order valence-electron chi connectivity index (χ0n) is 26.4. The van der Waals surface area contributed by atoms with Crippen LogP contribution >= 0.6 is 23.8 Å². The third-order valence-corrected chi connectivity index (χ3v) is 9.22. The van der Waals surface area contributed by atoms with Crippen molar-refractivity contribution in [1.82, 2.24) is 14.1 Å². The minimum atomic E-state index is -4.01. The van der Waals surface area contributed by atoms with Crippen molar-refractivity contribution in [2.45, 2.75) is 66.0 Å². The molecule has 0 amide bonds. The highest BCUT2D eigenvalue weighted by molar-refractivity contribution is 9.10. The summed E-state index contributed by atoms with van der Waals surface area (Å²) in [4.78, 5) is 20.3. The van der Waals surface area contributed by atoms with E-state index in [0.717, 1.165) is 29.7 Å². The van der Waals surface area contributed by atoms with Crippen LogP contribution in [0.25, 0.3) is 22.2 Å². The molecule has 0 bridgehead atoms. The summed E-state index contributed by atoms with van der Waals surface area (Å²) in [5.74, 6) is -0.381. The highest BCUT2D eigenvalue weighted by Gasteiger charge is 2.37. The molecule has 10 nitrogen and oxygen atoms in total. The monoisotopic (exact) mass is 704 g/mol. The molecule has 4 aromatic rings. The lowest BCUT2D eigenvalue weighted by atomic mass is 10.1. The number of phosphoric acid groups is 1. The summed E-state index contributed by atoms with van der Waals surface area (Å²) >= 11 is 3.31. The van der Waals surface area contributed by atoms with Gasteiger partial charge in [0.1, 0.15) is 18.2 Å². The summed E-state index contributed by atoms with van der Waals surface area (Å²) in [6.07, 6.45) is 5.31. The molecule has 1 aromatic carbocycles. The van der Waals surface area contributed by atoms with Crippen LogP contribution in [0.1, 0.15) is 47.1 Å². The fraction of sp³-hybridized carbons (Fsp3) is 0.438. The first kappa shape index (κ1) is 33.5. The van der Waals surface area contributed by atoms with E-state index < -0.39 is 19.0 Å². The van der Waals surface area contributed by atoms with Gasteiger partial charge >= 0.3 is 7.82 Å². The van der Waals surface area contributed by atoms with Gasteiger partial charge in [-0.05, 0) is 83.0 Å². The lowest BCUT2D eigenvalue weighted by Crippen LogP contribution is -2.36. The van der Waals surface area contributed by atoms with Crippen LogP contribution < -0.4 is 10.5 Å². The Kier molecular flexibility index (Phi) is 9.75. The number of hydrogen-bond acceptors (Lipinski definition) is 8. The zero-order valence-corrected chi connectivity index (χ0v) is 28.9. The molecule has 45 heavy (non-hydrogen) atoms. The Morgan fingerprint density at radius 2 is 1.69 bits per heavy atom. The molecule has 3 aromatic heterocycles. The van der Waals surface area contributed by atoms with E-state index >= 15 is 0 Å². The average molecular weight is 706 g/mol. The summed E-state index contributed by atoms with van der Waals surface area (Å²) in [6.45, 7) is 13.4. The lowest BCUT2D eigenvalue weighted by Gasteiger charge is -2.31. The van der Waals surface area contributed by atoms with E-state index in [2.05, 4.69) is 20.8 Å². The first-order chi connectivity index (χ1) is 21.1. The van der Waals surface area contributed by atoms with Crippen LogP contribution in [0, 0.1) is 5.82 Å². The first-order valence-corrected chi connectivity index (χ1v) is 17.0. The first-order valence-electron chi connectivity index (χ1n) is 14.7. The van der Waals surface area contributed by atoms with Gasteiger partial charge < -0.3 is 18.8 Å². The van der Waals surface area contributed by atoms with Gasteiger partial charge in [0, 0.05) is 47.0 Å². The zero-order chi connectivity index (χ0) is 32.6. The Morgan fingerprint density at radius 1 is 1.00 bits per heavy atom. The summed E-state index contributed by atoms with van der Waals surface area (Å²) in [5.41, 5.74) is 1.75. The molecule has 0 atom stereocenters. The van der Waals surface area contributed by atoms with Gasteiger partial charge in [0.25, 0.3) is 5.56 Å². The molecular formula is C32H39BrFN4O6P. The van der Waals surface area contributed by atoms with Gasteiger partial charge in [-0.25, -0.2) is 13.9 Å². The van der Waals surface area contributed by atoms with Crippen LogP contribution in [0.15, 0.2) is 64.3 Å². The van der Waals surface area contributed by atoms with E-state index in [1.54, 1.807) is 70.6 Å². The number of phosphoric ester groups is 1. The van der Waals surface area contributed by atoms with E-state index in [1.165, 1.54) is 16.7 Å². The molecule has 1 saturated heterocycles. The number of fused-ring (bicyclic) bond motifs is 1. The van der Waals surface area contributed by atoms with Crippen molar-refractivity contribution in [3.05, 3.63) is 81.2 Å². The van der Waals surface area contributed by atoms with Crippen molar-refractivity contribution >= 4 is 40.5 Å². The average Bonchev–Trinajstić information content (AvgIpc) is 3.29. The molecule has 0 N–H and O–H groups in total. The number of hydrogen-bond donors (Lipinski definition) is 0. The number of anilines is 1. The number of ether oxygens (including phenoxy) is 1. The van der Waals surface area contributed by atoms with Gasteiger partial charge in [0.2, 0.25) is 0 Å². The van der Waals surface area contributed by atoms with Gasteiger partial charge in [-0.2, -0.15) is 0 Å². The summed E-state index contributed by atoms with van der Waals surface area (Å²) in [6, 6.07) is 9.98. The molecule has 242 valence electrons. The van der Waals surface area contributed by atoms with Crippen LogP contribution in [0.2, 0.25) is 0 Å². The Bertz CT molecular complexity index is 1750. The molecule has 4 heterocycles. The molecule has 0 saturated carbocycles. The van der Waals surface area contributed by atoms with Crippen LogP contribution in [-0.4, -0.2) is 51.6 Å². The highest BCUT2D eigenvalue weighted by atomic mass is 79.9. The van der Waals surface area contributed by atoms with E-state index in [0.29, 0.717) is 34.5 Å². The maximum Gasteiger partial charge on any atom is 0.477 e. The summed E-state index contributed by atoms with van der Waals surface area (Å²) in [7, 11) is -4.01. The standard InChI is InChI=1S/C32H39BrFN4O6P/c1-31(2,3)43-45(40,44-32(4,5)6)42-21-38-20-28(27-17-26(18-35-30(27)38)36-9-11-41-12-10-36)23-7-8-37(29(39)15-23)19-22-13-24(33)16-25(34)14-22/h7-8,13-18,20H,9-12,19,21H2,1-6H3. The molecule has 0 aliphatic carbocycles. The van der Waals surface area contributed by atoms with Crippen molar-refractivity contribution < 1.29 is 27.3 Å². The van der Waals surface area contributed by atoms with Crippen LogP contribution in [0.5, 0.6) is 0 Å². The van der Waals surface area contributed by atoms with Crippen LogP contribution in [0.4, 0.5) is 10.1 Å². The minimum Gasteiger partial charge on any atom is -0.378 e. The van der Waals surface area contributed by atoms with Crippen molar-refractivity contribution in [1.29, 1.82) is 0 Å². The van der Waals surface area contributed by atoms with Gasteiger partial charge in [0.15, 0.2) is 0 Å². The number of rotatable bonds is 9. The van der Waals surface area contributed by atoms with Gasteiger partial charge in [-0.15, -0.1) is 0 Å². The fourth-order valence-corrected chi connectivity index (χ4v) is 7.33. The minimum absolute atomic E-state index is 0.171. The fourth-order valence-electron chi connectivity index (χ4n) is 5.06. The van der Waals surface area contributed by atoms with Gasteiger partial charge in [-0.1, -0.05) is 15.9 Å². The van der Waals surface area contributed by atoms with Crippen LogP contribution in [0.3, 0.4) is 0 Å². The van der Waals surface area contributed by atoms with Gasteiger partial charge in [0.05, 0.1) is 42.8 Å². The third kappa shape index (κ3) is 8.69. The number of nitrogens with zero attached hydrogens (tertiary/aromatic N) is 4. The van der Waals surface area contributed by atoms with Crippen molar-refractivity contribution in [3.8, 4) is 11.1 Å². The molecule has 0 unspecified atom stereocenters. The Labute approximate surface area is 270 Å². The molecule has 1 fully saturated rings. The molecular weight excluding hydrogens is 666 g/mol. The molecule has 1 aliphatic heterocycles. The van der Waals surface area contributed by atoms with Crippen molar-refractivity contribution in [2.24, 2.45) is 0 Å². The molecule has 5 rings (SSSR count). The smallest absolute Gasteiger partial charge is 0.378 e.